The van der Waals surface area contributed by atoms with Crippen molar-refractivity contribution in [3.8, 4) is 0 Å². The number of hydrogen-bond acceptors (Lipinski definition) is 3. The molecule has 2 heterocycles. The molecule has 1 aromatic carbocycles. The fourth-order valence-corrected chi connectivity index (χ4v) is 4.01. The van der Waals surface area contributed by atoms with E-state index < -0.39 is 0 Å². The van der Waals surface area contributed by atoms with Crippen LogP contribution >= 0.6 is 0 Å². The number of nitrogens with zero attached hydrogens (tertiary/aromatic N) is 1. The Morgan fingerprint density at radius 2 is 1.95 bits per heavy atom. The van der Waals surface area contributed by atoms with Gasteiger partial charge in [-0.25, -0.2) is 0 Å². The molecule has 4 N–H and O–H groups in total. The average Bonchev–Trinajstić information content (AvgIpc) is 2.70. The molecule has 108 valence electrons. The molecule has 20 heavy (non-hydrogen) atoms. The van der Waals surface area contributed by atoms with E-state index in [1.54, 1.807) is 6.07 Å². The second kappa shape index (κ2) is 5.54. The Morgan fingerprint density at radius 1 is 1.25 bits per heavy atom. The molecule has 1 amide bonds. The van der Waals surface area contributed by atoms with Crippen molar-refractivity contribution in [1.29, 1.82) is 0 Å². The molecular formula is C16H23N3O. The molecule has 0 spiro atoms. The molecule has 3 rings (SSSR count). The molecule has 1 aromatic rings. The normalized spacial score (nSPS) is 29.6. The van der Waals surface area contributed by atoms with E-state index in [2.05, 4.69) is 11.0 Å². The zero-order valence-corrected chi connectivity index (χ0v) is 11.8. The van der Waals surface area contributed by atoms with Gasteiger partial charge in [-0.3, -0.25) is 9.69 Å². The van der Waals surface area contributed by atoms with Gasteiger partial charge in [-0.15, -0.1) is 0 Å². The van der Waals surface area contributed by atoms with Crippen LogP contribution in [0.3, 0.4) is 0 Å². The Kier molecular flexibility index (Phi) is 3.76. The average molecular weight is 273 g/mol. The minimum atomic E-state index is -0.338. The van der Waals surface area contributed by atoms with Gasteiger partial charge in [0.2, 0.25) is 5.91 Å². The first kappa shape index (κ1) is 13.6. The second-order valence-corrected chi connectivity index (χ2v) is 6.07. The van der Waals surface area contributed by atoms with E-state index in [1.165, 1.54) is 31.2 Å². The van der Waals surface area contributed by atoms with Crippen molar-refractivity contribution in [2.45, 2.75) is 43.7 Å². The smallest absolute Gasteiger partial charge is 0.248 e. The summed E-state index contributed by atoms with van der Waals surface area (Å²) in [6.45, 7) is 1.76. The first-order valence-electron chi connectivity index (χ1n) is 7.54. The molecule has 2 atom stereocenters. The summed E-state index contributed by atoms with van der Waals surface area (Å²) in [5, 5.41) is 0. The lowest BCUT2D eigenvalue weighted by molar-refractivity contribution is 0.1000. The van der Waals surface area contributed by atoms with Crippen molar-refractivity contribution >= 4 is 5.91 Å². The summed E-state index contributed by atoms with van der Waals surface area (Å²) in [4.78, 5) is 13.9. The number of hydrogen-bond donors (Lipinski definition) is 2. The highest BCUT2D eigenvalue weighted by Gasteiger charge is 2.40. The van der Waals surface area contributed by atoms with Gasteiger partial charge < -0.3 is 11.5 Å². The summed E-state index contributed by atoms with van der Waals surface area (Å²) in [7, 11) is 0. The van der Waals surface area contributed by atoms with Gasteiger partial charge in [-0.2, -0.15) is 0 Å². The predicted octanol–water partition coefficient (Wildman–Crippen LogP) is 1.45. The van der Waals surface area contributed by atoms with Gasteiger partial charge in [0.25, 0.3) is 0 Å². The minimum Gasteiger partial charge on any atom is -0.366 e. The van der Waals surface area contributed by atoms with E-state index in [-0.39, 0.29) is 5.91 Å². The Morgan fingerprint density at radius 3 is 2.55 bits per heavy atom. The fourth-order valence-electron chi connectivity index (χ4n) is 4.01. The molecule has 4 nitrogen and oxygen atoms in total. The van der Waals surface area contributed by atoms with Crippen molar-refractivity contribution in [2.24, 2.45) is 11.5 Å². The predicted molar refractivity (Wildman–Crippen MR) is 79.5 cm³/mol. The maximum atomic E-state index is 11.3. The molecule has 2 aliphatic heterocycles. The molecular weight excluding hydrogens is 250 g/mol. The van der Waals surface area contributed by atoms with Crippen molar-refractivity contribution in [2.75, 3.05) is 13.1 Å². The number of fused-ring (bicyclic) bond motifs is 2. The summed E-state index contributed by atoms with van der Waals surface area (Å²) in [6.07, 6.45) is 4.94. The molecule has 2 saturated heterocycles. The van der Waals surface area contributed by atoms with Gasteiger partial charge in [-0.1, -0.05) is 12.1 Å². The van der Waals surface area contributed by atoms with E-state index in [9.17, 15) is 4.79 Å². The third-order valence-electron chi connectivity index (χ3n) is 4.91. The van der Waals surface area contributed by atoms with Crippen LogP contribution in [0, 0.1) is 0 Å². The van der Waals surface area contributed by atoms with Crippen LogP contribution in [0.4, 0.5) is 0 Å². The number of amides is 1. The fraction of sp³-hybridized carbons (Fsp3) is 0.562. The third kappa shape index (κ3) is 2.45. The van der Waals surface area contributed by atoms with Crippen molar-refractivity contribution < 1.29 is 4.79 Å². The van der Waals surface area contributed by atoms with Crippen LogP contribution in [-0.2, 0) is 0 Å². The van der Waals surface area contributed by atoms with E-state index in [0.29, 0.717) is 23.6 Å². The number of piperidine rings is 1. The molecule has 0 aliphatic carbocycles. The second-order valence-electron chi connectivity index (χ2n) is 6.07. The molecule has 2 unspecified atom stereocenters. The number of carbonyl (C=O) groups is 1. The topological polar surface area (TPSA) is 72.3 Å². The number of nitrogens with two attached hydrogens (primary N) is 2. The van der Waals surface area contributed by atoms with Crippen LogP contribution in [0.1, 0.15) is 47.5 Å². The molecule has 2 bridgehead atoms. The van der Waals surface area contributed by atoms with Crippen molar-refractivity contribution in [1.82, 2.24) is 4.90 Å². The van der Waals surface area contributed by atoms with Crippen molar-refractivity contribution in [3.63, 3.8) is 0 Å². The number of carbonyl (C=O) groups excluding carboxylic acids is 1. The van der Waals surface area contributed by atoms with E-state index in [4.69, 9.17) is 11.5 Å². The Labute approximate surface area is 120 Å². The first-order chi connectivity index (χ1) is 9.69. The highest BCUT2D eigenvalue weighted by Crippen LogP contribution is 2.42. The molecule has 0 saturated carbocycles. The monoisotopic (exact) mass is 273 g/mol. The molecule has 2 aliphatic rings. The largest absolute Gasteiger partial charge is 0.366 e. The highest BCUT2D eigenvalue weighted by atomic mass is 16.1. The standard InChI is InChI=1S/C16H23N3O/c17-6-7-19-14-4-5-15(19)10-13(9-14)11-2-1-3-12(8-11)16(18)20/h1-3,8,13-15H,4-7,9-10,17H2,(H2,18,20). The molecule has 4 heteroatoms. The van der Waals surface area contributed by atoms with E-state index >= 15 is 0 Å². The van der Waals surface area contributed by atoms with Gasteiger partial charge in [0, 0.05) is 30.7 Å². The van der Waals surface area contributed by atoms with E-state index in [1.807, 2.05) is 12.1 Å². The summed E-state index contributed by atoms with van der Waals surface area (Å²) >= 11 is 0. The molecule has 0 radical (unpaired) electrons. The number of primary amides is 1. The maximum Gasteiger partial charge on any atom is 0.248 e. The molecule has 2 fully saturated rings. The molecule has 0 aromatic heterocycles. The lowest BCUT2D eigenvalue weighted by Crippen LogP contribution is -2.44. The number of benzene rings is 1. The van der Waals surface area contributed by atoms with Gasteiger partial charge in [0.15, 0.2) is 0 Å². The highest BCUT2D eigenvalue weighted by molar-refractivity contribution is 5.92. The zero-order chi connectivity index (χ0) is 14.1. The minimum absolute atomic E-state index is 0.338. The first-order valence-corrected chi connectivity index (χ1v) is 7.54. The Hall–Kier alpha value is -1.39. The van der Waals surface area contributed by atoms with Crippen LogP contribution in [0.15, 0.2) is 24.3 Å². The van der Waals surface area contributed by atoms with Crippen LogP contribution in [-0.4, -0.2) is 36.0 Å². The van der Waals surface area contributed by atoms with Gasteiger partial charge in [0.05, 0.1) is 0 Å². The third-order valence-corrected chi connectivity index (χ3v) is 4.91. The van der Waals surface area contributed by atoms with Gasteiger partial charge in [0.1, 0.15) is 0 Å². The lowest BCUT2D eigenvalue weighted by Gasteiger charge is -2.39. The van der Waals surface area contributed by atoms with Crippen LogP contribution in [0.5, 0.6) is 0 Å². The Balaban J connectivity index is 1.77. The summed E-state index contributed by atoms with van der Waals surface area (Å²) in [6, 6.07) is 9.19. The lowest BCUT2D eigenvalue weighted by atomic mass is 9.84. The van der Waals surface area contributed by atoms with Crippen LogP contribution in [0.25, 0.3) is 0 Å². The van der Waals surface area contributed by atoms with Crippen molar-refractivity contribution in [3.05, 3.63) is 35.4 Å². The Bertz CT molecular complexity index is 488. The summed E-state index contributed by atoms with van der Waals surface area (Å²) < 4.78 is 0. The summed E-state index contributed by atoms with van der Waals surface area (Å²) in [5.41, 5.74) is 13.0. The van der Waals surface area contributed by atoms with Crippen LogP contribution < -0.4 is 11.5 Å². The summed E-state index contributed by atoms with van der Waals surface area (Å²) in [5.74, 6) is 0.219. The van der Waals surface area contributed by atoms with E-state index in [0.717, 1.165) is 13.1 Å². The SMILES string of the molecule is NCCN1C2CCC1CC(c1cccc(C(N)=O)c1)C2. The number of rotatable bonds is 4. The maximum absolute atomic E-state index is 11.3. The van der Waals surface area contributed by atoms with Crippen LogP contribution in [0.2, 0.25) is 0 Å². The zero-order valence-electron chi connectivity index (χ0n) is 11.8. The van der Waals surface area contributed by atoms with Gasteiger partial charge >= 0.3 is 0 Å². The quantitative estimate of drug-likeness (QED) is 0.872. The van der Waals surface area contributed by atoms with Gasteiger partial charge in [-0.05, 0) is 49.3 Å².